The van der Waals surface area contributed by atoms with E-state index in [9.17, 15) is 9.90 Å². The number of hydrogen-bond acceptors (Lipinski definition) is 5. The summed E-state index contributed by atoms with van der Waals surface area (Å²) in [6.07, 6.45) is 2.62. The number of nitrogens with one attached hydrogen (secondary N) is 1. The van der Waals surface area contributed by atoms with E-state index in [2.05, 4.69) is 15.3 Å². The summed E-state index contributed by atoms with van der Waals surface area (Å²) in [6, 6.07) is 4.89. The van der Waals surface area contributed by atoms with Crippen molar-refractivity contribution in [2.75, 3.05) is 5.32 Å². The van der Waals surface area contributed by atoms with Crippen molar-refractivity contribution in [3.05, 3.63) is 46.7 Å². The lowest BCUT2D eigenvalue weighted by atomic mass is 10.2. The first kappa shape index (κ1) is 12.8. The van der Waals surface area contributed by atoms with Crippen molar-refractivity contribution in [3.8, 4) is 5.75 Å². The van der Waals surface area contributed by atoms with Gasteiger partial charge in [-0.05, 0) is 18.2 Å². The largest absolute Gasteiger partial charge is 0.506 e. The first-order valence-electron chi connectivity index (χ1n) is 5.62. The molecule has 3 rings (SSSR count). The van der Waals surface area contributed by atoms with Crippen LogP contribution in [0.1, 0.15) is 10.4 Å². The SMILES string of the molecule is O=C(Nc1c(Cl)ccc2scnc12)c1cncc(O)c1. The Morgan fingerprint density at radius 1 is 1.35 bits per heavy atom. The smallest absolute Gasteiger partial charge is 0.257 e. The molecule has 0 bridgehead atoms. The summed E-state index contributed by atoms with van der Waals surface area (Å²) in [5, 5.41) is 12.5. The third-order valence-corrected chi connectivity index (χ3v) is 3.79. The number of nitrogens with zero attached hydrogens (tertiary/aromatic N) is 2. The monoisotopic (exact) mass is 305 g/mol. The van der Waals surface area contributed by atoms with Gasteiger partial charge in [-0.25, -0.2) is 4.98 Å². The molecule has 0 aliphatic rings. The molecule has 0 unspecified atom stereocenters. The lowest BCUT2D eigenvalue weighted by Crippen LogP contribution is -2.12. The molecule has 1 aromatic carbocycles. The minimum atomic E-state index is -0.407. The Bertz CT molecular complexity index is 803. The van der Waals surface area contributed by atoms with Crippen LogP contribution in [-0.2, 0) is 0 Å². The zero-order chi connectivity index (χ0) is 14.1. The second-order valence-corrected chi connectivity index (χ2v) is 5.30. The first-order valence-corrected chi connectivity index (χ1v) is 6.88. The van der Waals surface area contributed by atoms with Gasteiger partial charge < -0.3 is 10.4 Å². The average molecular weight is 306 g/mol. The summed E-state index contributed by atoms with van der Waals surface area (Å²) in [7, 11) is 0. The van der Waals surface area contributed by atoms with E-state index in [-0.39, 0.29) is 11.3 Å². The number of carbonyl (C=O) groups excluding carboxylic acids is 1. The van der Waals surface area contributed by atoms with E-state index in [4.69, 9.17) is 11.6 Å². The van der Waals surface area contributed by atoms with Gasteiger partial charge in [0, 0.05) is 6.20 Å². The summed E-state index contributed by atoms with van der Waals surface area (Å²) >= 11 is 7.57. The quantitative estimate of drug-likeness (QED) is 0.761. The Hall–Kier alpha value is -2.18. The summed E-state index contributed by atoms with van der Waals surface area (Å²) in [4.78, 5) is 20.1. The fraction of sp³-hybridized carbons (Fsp3) is 0. The van der Waals surface area contributed by atoms with E-state index >= 15 is 0 Å². The van der Waals surface area contributed by atoms with E-state index in [0.717, 1.165) is 4.70 Å². The van der Waals surface area contributed by atoms with Crippen LogP contribution in [0.15, 0.2) is 36.1 Å². The number of rotatable bonds is 2. The number of thiazole rings is 1. The topological polar surface area (TPSA) is 75.1 Å². The highest BCUT2D eigenvalue weighted by Gasteiger charge is 2.14. The van der Waals surface area contributed by atoms with Gasteiger partial charge in [-0.1, -0.05) is 11.6 Å². The van der Waals surface area contributed by atoms with Crippen LogP contribution in [0.2, 0.25) is 5.02 Å². The number of anilines is 1. The second-order valence-electron chi connectivity index (χ2n) is 4.01. The third kappa shape index (κ3) is 2.31. The summed E-state index contributed by atoms with van der Waals surface area (Å²) < 4.78 is 0.929. The molecule has 0 fully saturated rings. The fourth-order valence-electron chi connectivity index (χ4n) is 1.76. The number of amides is 1. The van der Waals surface area contributed by atoms with Crippen molar-refractivity contribution in [2.24, 2.45) is 0 Å². The molecular formula is C13H8ClN3O2S. The molecule has 7 heteroatoms. The first-order chi connectivity index (χ1) is 9.65. The number of aromatic hydroxyl groups is 1. The molecule has 2 heterocycles. The van der Waals surface area contributed by atoms with Crippen molar-refractivity contribution in [1.82, 2.24) is 9.97 Å². The van der Waals surface area contributed by atoms with E-state index in [1.807, 2.05) is 6.07 Å². The molecule has 0 saturated carbocycles. The molecule has 0 atom stereocenters. The molecule has 2 N–H and O–H groups in total. The van der Waals surface area contributed by atoms with Crippen LogP contribution in [0.25, 0.3) is 10.2 Å². The summed E-state index contributed by atoms with van der Waals surface area (Å²) in [5.74, 6) is -0.480. The number of hydrogen-bond donors (Lipinski definition) is 2. The standard InChI is InChI=1S/C13H8ClN3O2S/c14-9-1-2-10-12(16-6-20-10)11(9)17-13(19)7-3-8(18)5-15-4-7/h1-6,18H,(H,17,19). The van der Waals surface area contributed by atoms with Crippen molar-refractivity contribution in [1.29, 1.82) is 0 Å². The maximum absolute atomic E-state index is 12.1. The molecule has 3 aromatic rings. The highest BCUT2D eigenvalue weighted by molar-refractivity contribution is 7.16. The predicted octanol–water partition coefficient (Wildman–Crippen LogP) is 3.30. The van der Waals surface area contributed by atoms with Crippen molar-refractivity contribution in [2.45, 2.75) is 0 Å². The molecule has 0 spiro atoms. The minimum absolute atomic E-state index is 0.0735. The van der Waals surface area contributed by atoms with Crippen LogP contribution in [0, 0.1) is 0 Å². The van der Waals surface area contributed by atoms with Gasteiger partial charge in [0.2, 0.25) is 0 Å². The maximum atomic E-state index is 12.1. The predicted molar refractivity (Wildman–Crippen MR) is 78.5 cm³/mol. The molecule has 1 amide bonds. The molecule has 20 heavy (non-hydrogen) atoms. The summed E-state index contributed by atoms with van der Waals surface area (Å²) in [5.41, 5.74) is 3.03. The fourth-order valence-corrected chi connectivity index (χ4v) is 2.65. The van der Waals surface area contributed by atoms with Gasteiger partial charge in [-0.2, -0.15) is 0 Å². The van der Waals surface area contributed by atoms with Gasteiger partial charge in [-0.15, -0.1) is 11.3 Å². The highest BCUT2D eigenvalue weighted by atomic mass is 35.5. The number of carbonyl (C=O) groups is 1. The summed E-state index contributed by atoms with van der Waals surface area (Å²) in [6.45, 7) is 0. The molecule has 5 nitrogen and oxygen atoms in total. The molecule has 0 aliphatic heterocycles. The Morgan fingerprint density at radius 2 is 2.20 bits per heavy atom. The number of fused-ring (bicyclic) bond motifs is 1. The van der Waals surface area contributed by atoms with Crippen LogP contribution in [-0.4, -0.2) is 21.0 Å². The number of pyridine rings is 1. The lowest BCUT2D eigenvalue weighted by Gasteiger charge is -2.08. The Kier molecular flexibility index (Phi) is 3.25. The zero-order valence-electron chi connectivity index (χ0n) is 10.0. The van der Waals surface area contributed by atoms with Gasteiger partial charge in [0.05, 0.1) is 32.7 Å². The van der Waals surface area contributed by atoms with E-state index < -0.39 is 5.91 Å². The van der Waals surface area contributed by atoms with Crippen molar-refractivity contribution < 1.29 is 9.90 Å². The van der Waals surface area contributed by atoms with Gasteiger partial charge in [0.25, 0.3) is 5.91 Å². The van der Waals surface area contributed by atoms with Gasteiger partial charge in [-0.3, -0.25) is 9.78 Å². The van der Waals surface area contributed by atoms with Crippen LogP contribution in [0.4, 0.5) is 5.69 Å². The molecule has 100 valence electrons. The highest BCUT2D eigenvalue weighted by Crippen LogP contribution is 2.32. The lowest BCUT2D eigenvalue weighted by molar-refractivity contribution is 0.102. The third-order valence-electron chi connectivity index (χ3n) is 2.68. The molecule has 0 aliphatic carbocycles. The van der Waals surface area contributed by atoms with Crippen molar-refractivity contribution in [3.63, 3.8) is 0 Å². The average Bonchev–Trinajstić information content (AvgIpc) is 2.90. The normalized spacial score (nSPS) is 10.7. The minimum Gasteiger partial charge on any atom is -0.506 e. The van der Waals surface area contributed by atoms with Crippen LogP contribution in [0.3, 0.4) is 0 Å². The molecular weight excluding hydrogens is 298 g/mol. The number of benzene rings is 1. The van der Waals surface area contributed by atoms with Gasteiger partial charge in [0.15, 0.2) is 0 Å². The van der Waals surface area contributed by atoms with Crippen LogP contribution >= 0.6 is 22.9 Å². The number of aromatic nitrogens is 2. The van der Waals surface area contributed by atoms with Crippen molar-refractivity contribution >= 4 is 44.7 Å². The van der Waals surface area contributed by atoms with Crippen LogP contribution < -0.4 is 5.32 Å². The van der Waals surface area contributed by atoms with E-state index in [1.165, 1.54) is 29.8 Å². The number of halogens is 1. The zero-order valence-corrected chi connectivity index (χ0v) is 11.6. The Morgan fingerprint density at radius 3 is 3.00 bits per heavy atom. The maximum Gasteiger partial charge on any atom is 0.257 e. The molecule has 0 saturated heterocycles. The van der Waals surface area contributed by atoms with Gasteiger partial charge in [0.1, 0.15) is 11.3 Å². The second kappa shape index (κ2) is 5.07. The Labute approximate surface area is 122 Å². The van der Waals surface area contributed by atoms with E-state index in [1.54, 1.807) is 11.6 Å². The Balaban J connectivity index is 1.99. The molecule has 2 aromatic heterocycles. The molecule has 0 radical (unpaired) electrons. The van der Waals surface area contributed by atoms with Crippen LogP contribution in [0.5, 0.6) is 5.75 Å². The van der Waals surface area contributed by atoms with Gasteiger partial charge >= 0.3 is 0 Å². The van der Waals surface area contributed by atoms with E-state index in [0.29, 0.717) is 16.2 Å².